The highest BCUT2D eigenvalue weighted by Gasteiger charge is 2.44. The van der Waals surface area contributed by atoms with Gasteiger partial charge in [-0.2, -0.15) is 0 Å². The molecule has 2 aliphatic heterocycles. The maximum absolute atomic E-state index is 14.0. The Bertz CT molecular complexity index is 1120. The van der Waals surface area contributed by atoms with Gasteiger partial charge in [-0.15, -0.1) is 0 Å². The van der Waals surface area contributed by atoms with Gasteiger partial charge >= 0.3 is 0 Å². The lowest BCUT2D eigenvalue weighted by Gasteiger charge is -2.41. The fraction of sp³-hybridized carbons (Fsp3) is 0.655. The first-order valence-corrected chi connectivity index (χ1v) is 16.0. The highest BCUT2D eigenvalue weighted by molar-refractivity contribution is 7.95. The van der Waals surface area contributed by atoms with Crippen LogP contribution in [0.5, 0.6) is 0 Å². The van der Waals surface area contributed by atoms with Crippen LogP contribution in [0, 0.1) is 11.8 Å². The SMILES string of the molecule is C=CS(=O)(=O)Nc1cccc(CCN2CC[C@@H]3CCN(C(=O)[C@@H](NC(=O)[C@H](C)NC)C4CCCCC4)[C@@H]3C2)c1. The molecule has 2 saturated heterocycles. The van der Waals surface area contributed by atoms with E-state index >= 15 is 0 Å². The van der Waals surface area contributed by atoms with Gasteiger partial charge in [0.2, 0.25) is 11.8 Å². The van der Waals surface area contributed by atoms with E-state index in [1.807, 2.05) is 25.1 Å². The fourth-order valence-corrected chi connectivity index (χ4v) is 6.94. The summed E-state index contributed by atoms with van der Waals surface area (Å²) in [5.74, 6) is 0.680. The normalized spacial score (nSPS) is 24.0. The Morgan fingerprint density at radius 2 is 1.87 bits per heavy atom. The molecule has 0 aromatic heterocycles. The van der Waals surface area contributed by atoms with Crippen molar-refractivity contribution in [1.29, 1.82) is 0 Å². The average Bonchev–Trinajstić information content (AvgIpc) is 3.37. The van der Waals surface area contributed by atoms with E-state index in [0.717, 1.165) is 82.1 Å². The van der Waals surface area contributed by atoms with Crippen molar-refractivity contribution in [2.75, 3.05) is 37.9 Å². The Morgan fingerprint density at radius 1 is 1.13 bits per heavy atom. The summed E-state index contributed by atoms with van der Waals surface area (Å²) in [7, 11) is -1.78. The van der Waals surface area contributed by atoms with Gasteiger partial charge in [-0.3, -0.25) is 14.3 Å². The third-order valence-electron chi connectivity index (χ3n) is 8.86. The summed E-state index contributed by atoms with van der Waals surface area (Å²) in [5, 5.41) is 7.03. The van der Waals surface area contributed by atoms with E-state index in [2.05, 4.69) is 31.7 Å². The predicted molar refractivity (Wildman–Crippen MR) is 155 cm³/mol. The van der Waals surface area contributed by atoms with Gasteiger partial charge in [0.05, 0.1) is 6.04 Å². The predicted octanol–water partition coefficient (Wildman–Crippen LogP) is 2.71. The maximum atomic E-state index is 14.0. The van der Waals surface area contributed by atoms with Crippen LogP contribution < -0.4 is 15.4 Å². The number of likely N-dealkylation sites (N-methyl/N-ethyl adjacent to an activating group) is 1. The molecule has 1 aliphatic carbocycles. The minimum absolute atomic E-state index is 0.0927. The van der Waals surface area contributed by atoms with Crippen molar-refractivity contribution in [1.82, 2.24) is 20.4 Å². The number of likely N-dealkylation sites (tertiary alicyclic amines) is 2. The topological polar surface area (TPSA) is 111 Å². The number of nitrogens with one attached hydrogen (secondary N) is 3. The molecule has 1 aromatic rings. The van der Waals surface area contributed by atoms with Crippen LogP contribution in [-0.2, 0) is 26.0 Å². The second kappa shape index (κ2) is 13.3. The summed E-state index contributed by atoms with van der Waals surface area (Å²) in [4.78, 5) is 31.3. The van der Waals surface area contributed by atoms with Gasteiger partial charge in [0.1, 0.15) is 6.04 Å². The van der Waals surface area contributed by atoms with E-state index in [1.165, 1.54) is 6.42 Å². The smallest absolute Gasteiger partial charge is 0.254 e. The van der Waals surface area contributed by atoms with Crippen LogP contribution in [0.15, 0.2) is 36.3 Å². The molecule has 3 fully saturated rings. The molecular weight excluding hydrogens is 514 g/mol. The molecule has 9 nitrogen and oxygen atoms in total. The van der Waals surface area contributed by atoms with Crippen molar-refractivity contribution in [2.45, 2.75) is 76.4 Å². The summed E-state index contributed by atoms with van der Waals surface area (Å²) < 4.78 is 26.2. The summed E-state index contributed by atoms with van der Waals surface area (Å²) in [6.07, 6.45) is 8.27. The largest absolute Gasteiger partial charge is 0.343 e. The number of piperidine rings is 1. The second-order valence-electron chi connectivity index (χ2n) is 11.4. The summed E-state index contributed by atoms with van der Waals surface area (Å²) in [5.41, 5.74) is 1.58. The Labute approximate surface area is 233 Å². The molecule has 3 N–H and O–H groups in total. The van der Waals surface area contributed by atoms with Gasteiger partial charge in [0.25, 0.3) is 10.0 Å². The van der Waals surface area contributed by atoms with E-state index in [4.69, 9.17) is 0 Å². The van der Waals surface area contributed by atoms with E-state index in [0.29, 0.717) is 11.6 Å². The first-order chi connectivity index (χ1) is 18.7. The summed E-state index contributed by atoms with van der Waals surface area (Å²) >= 11 is 0. The molecule has 0 unspecified atom stereocenters. The molecule has 2 heterocycles. The van der Waals surface area contributed by atoms with Crippen molar-refractivity contribution in [2.24, 2.45) is 11.8 Å². The van der Waals surface area contributed by atoms with Crippen LogP contribution in [0.3, 0.4) is 0 Å². The number of sulfonamides is 1. The lowest BCUT2D eigenvalue weighted by atomic mass is 9.83. The van der Waals surface area contributed by atoms with Gasteiger partial charge < -0.3 is 20.4 Å². The van der Waals surface area contributed by atoms with Crippen LogP contribution >= 0.6 is 0 Å². The molecule has 4 rings (SSSR count). The Morgan fingerprint density at radius 3 is 2.59 bits per heavy atom. The molecule has 0 spiro atoms. The molecule has 0 radical (unpaired) electrons. The van der Waals surface area contributed by atoms with E-state index in [1.54, 1.807) is 13.1 Å². The molecular formula is C29H45N5O4S. The van der Waals surface area contributed by atoms with Crippen LogP contribution in [0.2, 0.25) is 0 Å². The van der Waals surface area contributed by atoms with Crippen LogP contribution in [0.1, 0.15) is 57.4 Å². The van der Waals surface area contributed by atoms with Crippen molar-refractivity contribution >= 4 is 27.5 Å². The van der Waals surface area contributed by atoms with Crippen molar-refractivity contribution in [3.8, 4) is 0 Å². The molecule has 2 amide bonds. The van der Waals surface area contributed by atoms with Crippen LogP contribution in [-0.4, -0.2) is 81.4 Å². The third-order valence-corrected chi connectivity index (χ3v) is 9.82. The van der Waals surface area contributed by atoms with E-state index in [9.17, 15) is 18.0 Å². The van der Waals surface area contributed by atoms with E-state index in [-0.39, 0.29) is 29.8 Å². The average molecular weight is 560 g/mol. The molecule has 39 heavy (non-hydrogen) atoms. The number of hydrogen-bond donors (Lipinski definition) is 3. The van der Waals surface area contributed by atoms with Crippen LogP contribution in [0.25, 0.3) is 0 Å². The number of fused-ring (bicyclic) bond motifs is 1. The zero-order valence-electron chi connectivity index (χ0n) is 23.4. The summed E-state index contributed by atoms with van der Waals surface area (Å²) in [6, 6.07) is 6.83. The first-order valence-electron chi connectivity index (χ1n) is 14.5. The van der Waals surface area contributed by atoms with Gasteiger partial charge in [-0.1, -0.05) is 38.0 Å². The zero-order valence-corrected chi connectivity index (χ0v) is 24.2. The third kappa shape index (κ3) is 7.61. The Balaban J connectivity index is 1.40. The van der Waals surface area contributed by atoms with Gasteiger partial charge in [-0.05, 0) is 82.2 Å². The van der Waals surface area contributed by atoms with E-state index < -0.39 is 16.1 Å². The molecule has 4 atom stereocenters. The monoisotopic (exact) mass is 559 g/mol. The first kappa shape index (κ1) is 29.6. The number of carbonyl (C=O) groups is 2. The second-order valence-corrected chi connectivity index (χ2v) is 13.0. The highest BCUT2D eigenvalue weighted by atomic mass is 32.2. The molecule has 1 saturated carbocycles. The molecule has 1 aromatic carbocycles. The lowest BCUT2D eigenvalue weighted by molar-refractivity contribution is -0.140. The zero-order chi connectivity index (χ0) is 28.0. The van der Waals surface area contributed by atoms with Crippen LogP contribution in [0.4, 0.5) is 5.69 Å². The van der Waals surface area contributed by atoms with Crippen molar-refractivity contribution < 1.29 is 18.0 Å². The minimum Gasteiger partial charge on any atom is -0.343 e. The molecule has 3 aliphatic rings. The summed E-state index contributed by atoms with van der Waals surface area (Å²) in [6.45, 7) is 8.60. The minimum atomic E-state index is -3.54. The Hall–Kier alpha value is -2.43. The number of rotatable bonds is 11. The highest BCUT2D eigenvalue weighted by Crippen LogP contribution is 2.34. The molecule has 0 bridgehead atoms. The Kier molecular flexibility index (Phi) is 10.1. The van der Waals surface area contributed by atoms with Crippen molar-refractivity contribution in [3.05, 3.63) is 41.8 Å². The number of nitrogens with zero attached hydrogens (tertiary/aromatic N) is 2. The quantitative estimate of drug-likeness (QED) is 0.385. The van der Waals surface area contributed by atoms with Gasteiger partial charge in [0.15, 0.2) is 0 Å². The molecule has 216 valence electrons. The van der Waals surface area contributed by atoms with Gasteiger partial charge in [-0.25, -0.2) is 8.42 Å². The fourth-order valence-electron chi connectivity index (χ4n) is 6.40. The lowest BCUT2D eigenvalue weighted by Crippen LogP contribution is -2.58. The molecule has 10 heteroatoms. The maximum Gasteiger partial charge on any atom is 0.254 e. The van der Waals surface area contributed by atoms with Gasteiger partial charge in [0, 0.05) is 36.8 Å². The number of anilines is 1. The number of hydrogen-bond acceptors (Lipinski definition) is 6. The van der Waals surface area contributed by atoms with Crippen molar-refractivity contribution in [3.63, 3.8) is 0 Å². The number of benzene rings is 1. The number of carbonyl (C=O) groups excluding carboxylic acids is 2. The number of amides is 2. The standard InChI is InChI=1S/C29H45N5O4S/c1-4-39(37,38)32-25-12-8-9-22(19-25)13-16-33-17-14-23-15-18-34(26(23)20-33)29(36)27(24-10-6-5-7-11-24)31-28(35)21(2)30-3/h4,8-9,12,19,21,23-24,26-27,30,32H,1,5-7,10-11,13-18,20H2,2-3H3,(H,31,35)/t21-,23+,26+,27-/m0/s1.